The molecule has 0 spiro atoms. The Balaban J connectivity index is 1.64. The van der Waals surface area contributed by atoms with E-state index in [2.05, 4.69) is 81.6 Å². The summed E-state index contributed by atoms with van der Waals surface area (Å²) < 4.78 is 26.9. The molecule has 0 amide bonds. The highest BCUT2D eigenvalue weighted by Crippen LogP contribution is 2.41. The SMILES string of the molecule is C=CCOC1(C)CCN2C/C1=C\C[C@H](C)Oc1cc(C)c(C)cc1-c1cccc(c1)-c1cc3nc(C)c([C@H](OC(C)(C)C)C(=O)OC)c2n3n1. The number of fused-ring (bicyclic) bond motifs is 9. The van der Waals surface area contributed by atoms with E-state index in [1.165, 1.54) is 18.2 Å². The maximum Gasteiger partial charge on any atom is 0.339 e. The second-order valence-corrected chi connectivity index (χ2v) is 14.8. The second-order valence-electron chi connectivity index (χ2n) is 14.8. The van der Waals surface area contributed by atoms with Gasteiger partial charge in [0.2, 0.25) is 0 Å². The zero-order chi connectivity index (χ0) is 36.0. The van der Waals surface area contributed by atoms with Crippen LogP contribution in [0.2, 0.25) is 0 Å². The molecule has 2 aromatic carbocycles. The fourth-order valence-corrected chi connectivity index (χ4v) is 6.91. The lowest BCUT2D eigenvalue weighted by atomic mass is 9.86. The van der Waals surface area contributed by atoms with E-state index in [9.17, 15) is 4.79 Å². The molecular weight excluding hydrogens is 628 g/mol. The molecule has 0 aliphatic carbocycles. The van der Waals surface area contributed by atoms with Crippen LogP contribution in [0.3, 0.4) is 0 Å². The van der Waals surface area contributed by atoms with Gasteiger partial charge in [0.25, 0.3) is 0 Å². The predicted molar refractivity (Wildman–Crippen MR) is 198 cm³/mol. The molecule has 50 heavy (non-hydrogen) atoms. The summed E-state index contributed by atoms with van der Waals surface area (Å²) in [5.74, 6) is 1.11. The van der Waals surface area contributed by atoms with Gasteiger partial charge < -0.3 is 23.8 Å². The molecule has 6 bridgehead atoms. The van der Waals surface area contributed by atoms with Crippen molar-refractivity contribution in [2.24, 2.45) is 0 Å². The van der Waals surface area contributed by atoms with Gasteiger partial charge in [0.1, 0.15) is 11.6 Å². The van der Waals surface area contributed by atoms with Crippen LogP contribution in [0.5, 0.6) is 5.75 Å². The molecule has 1 saturated heterocycles. The number of hydrogen-bond acceptors (Lipinski definition) is 8. The molecule has 0 radical (unpaired) electrons. The van der Waals surface area contributed by atoms with E-state index in [0.29, 0.717) is 49.4 Å². The largest absolute Gasteiger partial charge is 0.490 e. The van der Waals surface area contributed by atoms with E-state index in [1.807, 2.05) is 38.3 Å². The highest BCUT2D eigenvalue weighted by atomic mass is 16.6. The number of anilines is 1. The Labute approximate surface area is 295 Å². The molecule has 9 heteroatoms. The lowest BCUT2D eigenvalue weighted by Gasteiger charge is -2.43. The summed E-state index contributed by atoms with van der Waals surface area (Å²) in [6, 6.07) is 14.7. The van der Waals surface area contributed by atoms with Crippen LogP contribution >= 0.6 is 0 Å². The van der Waals surface area contributed by atoms with Crippen molar-refractivity contribution in [3.8, 4) is 28.1 Å². The predicted octanol–water partition coefficient (Wildman–Crippen LogP) is 8.29. The lowest BCUT2D eigenvalue weighted by Crippen LogP contribution is -2.48. The van der Waals surface area contributed by atoms with Crippen LogP contribution in [0, 0.1) is 20.8 Å². The summed E-state index contributed by atoms with van der Waals surface area (Å²) in [6.07, 6.45) is 4.28. The maximum atomic E-state index is 13.5. The Morgan fingerprint density at radius 1 is 1.14 bits per heavy atom. The third kappa shape index (κ3) is 6.94. The molecule has 6 rings (SSSR count). The zero-order valence-electron chi connectivity index (χ0n) is 30.9. The Hall–Kier alpha value is -4.47. The first-order valence-corrected chi connectivity index (χ1v) is 17.4. The standard InChI is InChI=1S/C41H50N4O5/c1-11-19-48-41(9)17-18-44-24-31(41)16-15-27(4)49-34-21-26(3)25(2)20-32(34)29-13-12-14-30(22-29)33-23-35-42-28(5)36(38(44)45(35)43-33)37(39(46)47-10)50-40(6,7)8/h11-14,16,20-23,27,37H,1,15,17-19,24H2,2-10H3/b31-16+/t27-,37-,41?/m0/s1. The van der Waals surface area contributed by atoms with Crippen molar-refractivity contribution >= 4 is 17.4 Å². The van der Waals surface area contributed by atoms with Gasteiger partial charge >= 0.3 is 5.97 Å². The van der Waals surface area contributed by atoms with Crippen molar-refractivity contribution in [2.75, 3.05) is 31.7 Å². The molecule has 2 aromatic heterocycles. The molecule has 2 aliphatic heterocycles. The number of carbonyl (C=O) groups excluding carboxylic acids is 1. The van der Waals surface area contributed by atoms with Crippen molar-refractivity contribution in [1.82, 2.24) is 14.6 Å². The molecule has 0 N–H and O–H groups in total. The van der Waals surface area contributed by atoms with Crippen molar-refractivity contribution in [3.05, 3.63) is 89.2 Å². The van der Waals surface area contributed by atoms with Gasteiger partial charge in [-0.25, -0.2) is 9.78 Å². The molecule has 4 aromatic rings. The van der Waals surface area contributed by atoms with Crippen molar-refractivity contribution < 1.29 is 23.7 Å². The first-order valence-electron chi connectivity index (χ1n) is 17.4. The number of methoxy groups -OCH3 is 1. The van der Waals surface area contributed by atoms with Gasteiger partial charge in [-0.1, -0.05) is 30.4 Å². The fraction of sp³-hybridized carbons (Fsp3) is 0.439. The highest BCUT2D eigenvalue weighted by molar-refractivity contribution is 5.81. The van der Waals surface area contributed by atoms with E-state index < -0.39 is 23.3 Å². The van der Waals surface area contributed by atoms with Gasteiger partial charge in [0, 0.05) is 42.4 Å². The Morgan fingerprint density at radius 2 is 1.88 bits per heavy atom. The van der Waals surface area contributed by atoms with Gasteiger partial charge in [-0.3, -0.25) is 0 Å². The minimum atomic E-state index is -1.03. The number of nitrogens with zero attached hydrogens (tertiary/aromatic N) is 4. The number of rotatable bonds is 6. The minimum Gasteiger partial charge on any atom is -0.490 e. The molecular formula is C41H50N4O5. The number of aryl methyl sites for hydroxylation is 3. The molecule has 1 unspecified atom stereocenters. The van der Waals surface area contributed by atoms with Gasteiger partial charge in [0.05, 0.1) is 42.3 Å². The summed E-state index contributed by atoms with van der Waals surface area (Å²) in [6.45, 7) is 21.8. The number of piperidine rings is 1. The zero-order valence-corrected chi connectivity index (χ0v) is 30.9. The third-order valence-electron chi connectivity index (χ3n) is 9.76. The number of ether oxygens (including phenoxy) is 4. The average Bonchev–Trinajstić information content (AvgIpc) is 3.49. The summed E-state index contributed by atoms with van der Waals surface area (Å²) >= 11 is 0. The highest BCUT2D eigenvalue weighted by Gasteiger charge is 2.40. The molecule has 9 nitrogen and oxygen atoms in total. The van der Waals surface area contributed by atoms with Crippen LogP contribution < -0.4 is 9.64 Å². The summed E-state index contributed by atoms with van der Waals surface area (Å²) in [5.41, 5.74) is 8.09. The van der Waals surface area contributed by atoms with Gasteiger partial charge in [-0.05, 0) is 102 Å². The van der Waals surface area contributed by atoms with Crippen LogP contribution in [0.15, 0.2) is 66.8 Å². The number of benzene rings is 2. The number of aromatic nitrogens is 3. The van der Waals surface area contributed by atoms with E-state index in [1.54, 1.807) is 6.08 Å². The quantitative estimate of drug-likeness (QED) is 0.149. The summed E-state index contributed by atoms with van der Waals surface area (Å²) in [7, 11) is 1.39. The summed E-state index contributed by atoms with van der Waals surface area (Å²) in [4.78, 5) is 20.8. The molecule has 4 heterocycles. The Kier molecular flexibility index (Phi) is 9.68. The molecule has 1 fully saturated rings. The van der Waals surface area contributed by atoms with E-state index >= 15 is 0 Å². The van der Waals surface area contributed by atoms with Crippen LogP contribution in [-0.2, 0) is 19.0 Å². The normalized spacial score (nSPS) is 20.9. The maximum absolute atomic E-state index is 13.5. The fourth-order valence-electron chi connectivity index (χ4n) is 6.91. The van der Waals surface area contributed by atoms with Gasteiger partial charge in [-0.2, -0.15) is 9.61 Å². The first kappa shape index (κ1) is 35.4. The first-order chi connectivity index (χ1) is 23.7. The van der Waals surface area contributed by atoms with Crippen molar-refractivity contribution in [2.45, 2.75) is 91.6 Å². The monoisotopic (exact) mass is 678 g/mol. The summed E-state index contributed by atoms with van der Waals surface area (Å²) in [5, 5.41) is 5.21. The van der Waals surface area contributed by atoms with Crippen molar-refractivity contribution in [1.29, 1.82) is 0 Å². The number of hydrogen-bond donors (Lipinski definition) is 0. The average molecular weight is 679 g/mol. The van der Waals surface area contributed by atoms with Crippen LogP contribution in [0.25, 0.3) is 28.0 Å². The lowest BCUT2D eigenvalue weighted by molar-refractivity contribution is -0.164. The van der Waals surface area contributed by atoms with E-state index in [0.717, 1.165) is 39.5 Å². The molecule has 264 valence electrons. The van der Waals surface area contributed by atoms with E-state index in [-0.39, 0.29) is 6.10 Å². The van der Waals surface area contributed by atoms with Gasteiger partial charge in [-0.15, -0.1) is 6.58 Å². The second kappa shape index (κ2) is 13.7. The van der Waals surface area contributed by atoms with Crippen LogP contribution in [0.4, 0.5) is 5.82 Å². The minimum absolute atomic E-state index is 0.112. The Bertz CT molecular complexity index is 1970. The number of carbonyl (C=O) groups is 1. The van der Waals surface area contributed by atoms with Crippen LogP contribution in [-0.4, -0.2) is 64.7 Å². The van der Waals surface area contributed by atoms with Gasteiger partial charge in [0.15, 0.2) is 11.8 Å². The van der Waals surface area contributed by atoms with Crippen molar-refractivity contribution in [3.63, 3.8) is 0 Å². The van der Waals surface area contributed by atoms with Crippen LogP contribution in [0.1, 0.15) is 75.9 Å². The number of esters is 1. The molecule has 0 saturated carbocycles. The Morgan fingerprint density at radius 3 is 2.60 bits per heavy atom. The molecule has 3 atom stereocenters. The smallest absolute Gasteiger partial charge is 0.339 e. The third-order valence-corrected chi connectivity index (χ3v) is 9.76. The molecule has 2 aliphatic rings. The topological polar surface area (TPSA) is 87.4 Å². The van der Waals surface area contributed by atoms with E-state index in [4.69, 9.17) is 29.0 Å².